The number of pyridine rings is 1. The van der Waals surface area contributed by atoms with Gasteiger partial charge in [-0.2, -0.15) is 5.26 Å². The standard InChI is InChI=1S/C13H18N4/c1-17(13(8-15)10-4-5-10)9-11-3-2-6-16-12(11)7-14/h2-3,6,10,13H,4-5,8-9,15H2,1H3. The smallest absolute Gasteiger partial charge is 0.144 e. The van der Waals surface area contributed by atoms with E-state index in [9.17, 15) is 0 Å². The number of hydrogen-bond acceptors (Lipinski definition) is 4. The minimum absolute atomic E-state index is 0.432. The first-order chi connectivity index (χ1) is 8.26. The van der Waals surface area contributed by atoms with Gasteiger partial charge in [0.2, 0.25) is 0 Å². The van der Waals surface area contributed by atoms with Crippen LogP contribution in [0.4, 0.5) is 0 Å². The monoisotopic (exact) mass is 230 g/mol. The van der Waals surface area contributed by atoms with Crippen LogP contribution >= 0.6 is 0 Å². The van der Waals surface area contributed by atoms with Crippen molar-refractivity contribution in [3.8, 4) is 6.07 Å². The minimum Gasteiger partial charge on any atom is -0.329 e. The van der Waals surface area contributed by atoms with Crippen molar-refractivity contribution in [3.63, 3.8) is 0 Å². The molecule has 4 nitrogen and oxygen atoms in total. The van der Waals surface area contributed by atoms with Gasteiger partial charge in [-0.15, -0.1) is 0 Å². The first-order valence-electron chi connectivity index (χ1n) is 6.00. The molecule has 1 aliphatic rings. The molecule has 1 aromatic heterocycles. The molecule has 4 heteroatoms. The van der Waals surface area contributed by atoms with Crippen molar-refractivity contribution in [3.05, 3.63) is 29.6 Å². The first kappa shape index (κ1) is 12.0. The summed E-state index contributed by atoms with van der Waals surface area (Å²) in [5.41, 5.74) is 7.32. The predicted octanol–water partition coefficient (Wildman–Crippen LogP) is 1.12. The van der Waals surface area contributed by atoms with E-state index in [4.69, 9.17) is 11.0 Å². The van der Waals surface area contributed by atoms with Gasteiger partial charge in [0, 0.05) is 30.9 Å². The summed E-state index contributed by atoms with van der Waals surface area (Å²) in [5.74, 6) is 0.743. The quantitative estimate of drug-likeness (QED) is 0.823. The van der Waals surface area contributed by atoms with Crippen molar-refractivity contribution < 1.29 is 0 Å². The SMILES string of the molecule is CN(Cc1cccnc1C#N)C(CN)C1CC1. The summed E-state index contributed by atoms with van der Waals surface area (Å²) in [7, 11) is 2.07. The lowest BCUT2D eigenvalue weighted by Crippen LogP contribution is -2.39. The molecule has 0 aliphatic heterocycles. The zero-order valence-electron chi connectivity index (χ0n) is 10.1. The highest BCUT2D eigenvalue weighted by atomic mass is 15.1. The van der Waals surface area contributed by atoms with Gasteiger partial charge in [0.1, 0.15) is 11.8 Å². The fraction of sp³-hybridized carbons (Fsp3) is 0.538. The van der Waals surface area contributed by atoms with Gasteiger partial charge >= 0.3 is 0 Å². The molecule has 1 fully saturated rings. The maximum absolute atomic E-state index is 8.99. The normalized spacial score (nSPS) is 16.8. The van der Waals surface area contributed by atoms with Gasteiger partial charge in [-0.05, 0) is 31.9 Å². The Balaban J connectivity index is 2.06. The molecule has 1 heterocycles. The van der Waals surface area contributed by atoms with Crippen LogP contribution in [0.5, 0.6) is 0 Å². The fourth-order valence-electron chi connectivity index (χ4n) is 2.27. The Hall–Kier alpha value is -1.44. The summed E-state index contributed by atoms with van der Waals surface area (Å²) in [6.07, 6.45) is 4.22. The third-order valence-corrected chi connectivity index (χ3v) is 3.39. The molecule has 1 unspecified atom stereocenters. The minimum atomic E-state index is 0.432. The second-order valence-corrected chi connectivity index (χ2v) is 4.68. The average molecular weight is 230 g/mol. The van der Waals surface area contributed by atoms with E-state index in [0.29, 0.717) is 18.3 Å². The van der Waals surface area contributed by atoms with Crippen molar-refractivity contribution in [2.75, 3.05) is 13.6 Å². The molecule has 17 heavy (non-hydrogen) atoms. The van der Waals surface area contributed by atoms with Crippen molar-refractivity contribution in [2.45, 2.75) is 25.4 Å². The van der Waals surface area contributed by atoms with E-state index < -0.39 is 0 Å². The Morgan fingerprint density at radius 3 is 3.00 bits per heavy atom. The van der Waals surface area contributed by atoms with Crippen LogP contribution < -0.4 is 5.73 Å². The third kappa shape index (κ3) is 2.82. The van der Waals surface area contributed by atoms with Crippen LogP contribution in [-0.2, 0) is 6.54 Å². The number of rotatable bonds is 5. The van der Waals surface area contributed by atoms with Crippen molar-refractivity contribution in [1.82, 2.24) is 9.88 Å². The topological polar surface area (TPSA) is 65.9 Å². The van der Waals surface area contributed by atoms with Crippen LogP contribution in [0.1, 0.15) is 24.1 Å². The van der Waals surface area contributed by atoms with Crippen LogP contribution in [0.3, 0.4) is 0 Å². The Morgan fingerprint density at radius 1 is 1.65 bits per heavy atom. The van der Waals surface area contributed by atoms with E-state index >= 15 is 0 Å². The lowest BCUT2D eigenvalue weighted by Gasteiger charge is -2.27. The van der Waals surface area contributed by atoms with Gasteiger partial charge < -0.3 is 5.73 Å². The molecule has 0 spiro atoms. The third-order valence-electron chi connectivity index (χ3n) is 3.39. The molecule has 2 N–H and O–H groups in total. The second-order valence-electron chi connectivity index (χ2n) is 4.68. The number of aromatic nitrogens is 1. The number of nitriles is 1. The maximum atomic E-state index is 8.99. The fourth-order valence-corrected chi connectivity index (χ4v) is 2.27. The number of likely N-dealkylation sites (N-methyl/N-ethyl adjacent to an activating group) is 1. The van der Waals surface area contributed by atoms with E-state index in [1.807, 2.05) is 12.1 Å². The van der Waals surface area contributed by atoms with E-state index in [1.54, 1.807) is 6.20 Å². The highest BCUT2D eigenvalue weighted by molar-refractivity contribution is 5.30. The molecule has 0 bridgehead atoms. The Labute approximate surface area is 102 Å². The molecule has 1 aliphatic carbocycles. The van der Waals surface area contributed by atoms with Crippen molar-refractivity contribution in [1.29, 1.82) is 5.26 Å². The maximum Gasteiger partial charge on any atom is 0.144 e. The Morgan fingerprint density at radius 2 is 2.41 bits per heavy atom. The summed E-state index contributed by atoms with van der Waals surface area (Å²) in [6, 6.07) is 6.40. The lowest BCUT2D eigenvalue weighted by atomic mass is 10.1. The average Bonchev–Trinajstić information content (AvgIpc) is 3.15. The van der Waals surface area contributed by atoms with E-state index in [-0.39, 0.29) is 0 Å². The molecule has 90 valence electrons. The number of hydrogen-bond donors (Lipinski definition) is 1. The molecule has 1 atom stereocenters. The van der Waals surface area contributed by atoms with E-state index in [0.717, 1.165) is 18.0 Å². The summed E-state index contributed by atoms with van der Waals surface area (Å²) in [6.45, 7) is 1.43. The largest absolute Gasteiger partial charge is 0.329 e. The highest BCUT2D eigenvalue weighted by Gasteiger charge is 2.32. The number of nitrogens with zero attached hydrogens (tertiary/aromatic N) is 3. The summed E-state index contributed by atoms with van der Waals surface area (Å²) in [4.78, 5) is 6.32. The zero-order chi connectivity index (χ0) is 12.3. The van der Waals surface area contributed by atoms with Gasteiger partial charge in [0.05, 0.1) is 0 Å². The molecule has 1 aromatic rings. The van der Waals surface area contributed by atoms with E-state index in [2.05, 4.69) is 23.0 Å². The van der Waals surface area contributed by atoms with Crippen LogP contribution in [0.15, 0.2) is 18.3 Å². The van der Waals surface area contributed by atoms with Crippen molar-refractivity contribution >= 4 is 0 Å². The molecule has 0 saturated heterocycles. The van der Waals surface area contributed by atoms with Gasteiger partial charge in [-0.3, -0.25) is 4.90 Å². The van der Waals surface area contributed by atoms with E-state index in [1.165, 1.54) is 12.8 Å². The Bertz CT molecular complexity index is 420. The summed E-state index contributed by atoms with van der Waals surface area (Å²) >= 11 is 0. The molecule has 0 amide bonds. The first-order valence-corrected chi connectivity index (χ1v) is 6.00. The van der Waals surface area contributed by atoms with Crippen molar-refractivity contribution in [2.24, 2.45) is 11.7 Å². The molecule has 1 saturated carbocycles. The number of nitrogens with two attached hydrogens (primary N) is 1. The van der Waals surface area contributed by atoms with Crippen LogP contribution in [0.25, 0.3) is 0 Å². The second kappa shape index (κ2) is 5.26. The predicted molar refractivity (Wildman–Crippen MR) is 66.0 cm³/mol. The summed E-state index contributed by atoms with van der Waals surface area (Å²) in [5, 5.41) is 8.99. The van der Waals surface area contributed by atoms with Gasteiger partial charge in [-0.1, -0.05) is 6.07 Å². The molecule has 2 rings (SSSR count). The zero-order valence-corrected chi connectivity index (χ0v) is 10.1. The van der Waals surface area contributed by atoms with Gasteiger partial charge in [0.15, 0.2) is 0 Å². The molecular weight excluding hydrogens is 212 g/mol. The Kier molecular flexibility index (Phi) is 3.72. The van der Waals surface area contributed by atoms with Crippen LogP contribution in [0, 0.1) is 17.2 Å². The lowest BCUT2D eigenvalue weighted by molar-refractivity contribution is 0.215. The molecule has 0 aromatic carbocycles. The molecule has 0 radical (unpaired) electrons. The van der Waals surface area contributed by atoms with Gasteiger partial charge in [-0.25, -0.2) is 4.98 Å². The van der Waals surface area contributed by atoms with Crippen LogP contribution in [0.2, 0.25) is 0 Å². The summed E-state index contributed by atoms with van der Waals surface area (Å²) < 4.78 is 0. The molecular formula is C13H18N4. The highest BCUT2D eigenvalue weighted by Crippen LogP contribution is 2.34. The van der Waals surface area contributed by atoms with Gasteiger partial charge in [0.25, 0.3) is 0 Å². The van der Waals surface area contributed by atoms with Crippen LogP contribution in [-0.4, -0.2) is 29.5 Å².